The van der Waals surface area contributed by atoms with Gasteiger partial charge in [0.2, 0.25) is 10.0 Å². The molecule has 1 aromatic heterocycles. The number of Topliss-reactive ketones (excluding diaryl/α,β-unsaturated/α-hetero) is 1. The molecule has 6 nitrogen and oxygen atoms in total. The van der Waals surface area contributed by atoms with Crippen molar-refractivity contribution in [2.45, 2.75) is 44.9 Å². The van der Waals surface area contributed by atoms with Crippen LogP contribution in [-0.4, -0.2) is 36.6 Å². The molecule has 130 valence electrons. The number of nitrogens with zero attached hydrogens (tertiary/aromatic N) is 3. The summed E-state index contributed by atoms with van der Waals surface area (Å²) >= 11 is 0. The molecule has 1 rings (SSSR count). The van der Waals surface area contributed by atoms with E-state index in [0.29, 0.717) is 25.1 Å². The first kappa shape index (κ1) is 20.0. The number of aromatic nitrogens is 1. The van der Waals surface area contributed by atoms with Crippen LogP contribution < -0.4 is 0 Å². The van der Waals surface area contributed by atoms with Crippen molar-refractivity contribution in [2.75, 3.05) is 13.1 Å². The summed E-state index contributed by atoms with van der Waals surface area (Å²) in [5.41, 5.74) is 0.760. The number of nitriles is 1. The molecule has 0 aliphatic rings. The van der Waals surface area contributed by atoms with Gasteiger partial charge in [0.15, 0.2) is 11.7 Å². The largest absolute Gasteiger partial charge is 0.293 e. The third-order valence-electron chi connectivity index (χ3n) is 3.69. The van der Waals surface area contributed by atoms with Crippen molar-refractivity contribution in [3.8, 4) is 6.07 Å². The van der Waals surface area contributed by atoms with Crippen molar-refractivity contribution in [1.29, 1.82) is 5.26 Å². The monoisotopic (exact) mass is 349 g/mol. The Morgan fingerprint density at radius 2 is 1.96 bits per heavy atom. The number of sulfonamides is 1. The molecule has 1 atom stereocenters. The van der Waals surface area contributed by atoms with Crippen LogP contribution in [0, 0.1) is 11.3 Å². The first-order chi connectivity index (χ1) is 11.3. The van der Waals surface area contributed by atoms with E-state index in [0.717, 1.165) is 0 Å². The van der Waals surface area contributed by atoms with Gasteiger partial charge >= 0.3 is 0 Å². The molecule has 0 saturated carbocycles. The van der Waals surface area contributed by atoms with Gasteiger partial charge in [-0.1, -0.05) is 26.8 Å². The highest BCUT2D eigenvalue weighted by Crippen LogP contribution is 2.21. The van der Waals surface area contributed by atoms with Gasteiger partial charge in [0.1, 0.15) is 4.90 Å². The minimum absolute atomic E-state index is 0.0555. The van der Waals surface area contributed by atoms with Crippen LogP contribution in [0.5, 0.6) is 0 Å². The topological polar surface area (TPSA) is 91.1 Å². The third-order valence-corrected chi connectivity index (χ3v) is 5.72. The molecule has 0 radical (unpaired) electrons. The van der Waals surface area contributed by atoms with Gasteiger partial charge in [-0.2, -0.15) is 9.57 Å². The Labute approximate surface area is 143 Å². The molecule has 0 N–H and O–H groups in total. The Morgan fingerprint density at radius 1 is 1.33 bits per heavy atom. The summed E-state index contributed by atoms with van der Waals surface area (Å²) in [4.78, 5) is 16.4. The van der Waals surface area contributed by atoms with Crippen LogP contribution in [0.25, 0.3) is 0 Å². The second-order valence-electron chi connectivity index (χ2n) is 5.23. The van der Waals surface area contributed by atoms with E-state index >= 15 is 0 Å². The zero-order valence-corrected chi connectivity index (χ0v) is 15.3. The molecule has 24 heavy (non-hydrogen) atoms. The summed E-state index contributed by atoms with van der Waals surface area (Å²) in [6.07, 6.45) is 3.66. The average molecular weight is 349 g/mol. The van der Waals surface area contributed by atoms with Crippen molar-refractivity contribution < 1.29 is 13.2 Å². The summed E-state index contributed by atoms with van der Waals surface area (Å²) in [5.74, 6) is -1.34. The lowest BCUT2D eigenvalue weighted by molar-refractivity contribution is -0.115. The van der Waals surface area contributed by atoms with Crippen molar-refractivity contribution in [3.05, 3.63) is 35.7 Å². The van der Waals surface area contributed by atoms with Crippen molar-refractivity contribution in [3.63, 3.8) is 0 Å². The lowest BCUT2D eigenvalue weighted by Gasteiger charge is -2.18. The number of carbonyl (C=O) groups excluding carboxylic acids is 1. The fourth-order valence-corrected chi connectivity index (χ4v) is 3.73. The van der Waals surface area contributed by atoms with Gasteiger partial charge in [0, 0.05) is 19.3 Å². The lowest BCUT2D eigenvalue weighted by Crippen LogP contribution is -2.30. The number of allylic oxidation sites excluding steroid dienone is 2. The van der Waals surface area contributed by atoms with Gasteiger partial charge in [0.25, 0.3) is 0 Å². The summed E-state index contributed by atoms with van der Waals surface area (Å²) in [7, 11) is -3.60. The smallest absolute Gasteiger partial charge is 0.244 e. The first-order valence-corrected chi connectivity index (χ1v) is 9.34. The summed E-state index contributed by atoms with van der Waals surface area (Å²) in [6, 6.07) is 4.78. The van der Waals surface area contributed by atoms with E-state index in [1.54, 1.807) is 26.8 Å². The molecule has 0 saturated heterocycles. The maximum Gasteiger partial charge on any atom is 0.244 e. The molecular formula is C17H23N3O3S. The quantitative estimate of drug-likeness (QED) is 0.673. The summed E-state index contributed by atoms with van der Waals surface area (Å²) in [6.45, 7) is 7.81. The molecule has 0 bridgehead atoms. The van der Waals surface area contributed by atoms with Gasteiger partial charge in [-0.05, 0) is 31.1 Å². The predicted molar refractivity (Wildman–Crippen MR) is 91.8 cm³/mol. The second kappa shape index (κ2) is 8.71. The van der Waals surface area contributed by atoms with Crippen LogP contribution in [0.3, 0.4) is 0 Å². The number of ketones is 1. The molecule has 1 unspecified atom stereocenters. The Hall–Kier alpha value is -2.04. The number of pyridine rings is 1. The summed E-state index contributed by atoms with van der Waals surface area (Å²) in [5, 5.41) is 9.30. The molecule has 7 heteroatoms. The normalized spacial score (nSPS) is 13.6. The average Bonchev–Trinajstić information content (AvgIpc) is 2.57. The van der Waals surface area contributed by atoms with E-state index in [2.05, 4.69) is 4.98 Å². The molecular weight excluding hydrogens is 326 g/mol. The highest BCUT2D eigenvalue weighted by Gasteiger charge is 2.25. The zero-order valence-electron chi connectivity index (χ0n) is 14.5. The fraction of sp³-hybridized carbons (Fsp3) is 0.471. The third kappa shape index (κ3) is 4.28. The van der Waals surface area contributed by atoms with Crippen LogP contribution in [0.1, 0.15) is 45.7 Å². The standard InChI is InChI=1S/C17H23N3O3S/c1-5-8-13(4)17(21)15(11-18)16-10-9-14(12-19-16)24(22,23)20(6-2)7-3/h8-10,12,15H,5-7H2,1-4H3. The fourth-order valence-electron chi connectivity index (χ4n) is 2.32. The van der Waals surface area contributed by atoms with Crippen molar-refractivity contribution >= 4 is 15.8 Å². The van der Waals surface area contributed by atoms with Gasteiger partial charge in [-0.3, -0.25) is 9.78 Å². The van der Waals surface area contributed by atoms with Crippen LogP contribution in [-0.2, 0) is 14.8 Å². The van der Waals surface area contributed by atoms with Crippen LogP contribution in [0.2, 0.25) is 0 Å². The second-order valence-corrected chi connectivity index (χ2v) is 7.17. The predicted octanol–water partition coefficient (Wildman–Crippen LogP) is 2.64. The Morgan fingerprint density at radius 3 is 2.38 bits per heavy atom. The highest BCUT2D eigenvalue weighted by molar-refractivity contribution is 7.89. The van der Waals surface area contributed by atoms with Crippen LogP contribution >= 0.6 is 0 Å². The Bertz CT molecular complexity index is 742. The molecule has 0 aromatic carbocycles. The molecule has 0 aliphatic heterocycles. The highest BCUT2D eigenvalue weighted by atomic mass is 32.2. The maximum atomic E-state index is 12.4. The zero-order chi connectivity index (χ0) is 18.3. The summed E-state index contributed by atoms with van der Waals surface area (Å²) < 4.78 is 26.2. The minimum Gasteiger partial charge on any atom is -0.293 e. The molecule has 0 fully saturated rings. The van der Waals surface area contributed by atoms with Crippen molar-refractivity contribution in [2.24, 2.45) is 0 Å². The van der Waals surface area contributed by atoms with E-state index in [1.165, 1.54) is 22.6 Å². The Balaban J connectivity index is 3.17. The van der Waals surface area contributed by atoms with Gasteiger partial charge in [-0.25, -0.2) is 8.42 Å². The van der Waals surface area contributed by atoms with E-state index in [1.807, 2.05) is 13.0 Å². The Kier molecular flexibility index (Phi) is 7.26. The molecule has 1 aromatic rings. The molecule has 0 aliphatic carbocycles. The number of hydrogen-bond donors (Lipinski definition) is 0. The number of rotatable bonds is 8. The maximum absolute atomic E-state index is 12.4. The van der Waals surface area contributed by atoms with Gasteiger partial charge < -0.3 is 0 Å². The first-order valence-electron chi connectivity index (χ1n) is 7.90. The van der Waals surface area contributed by atoms with E-state index < -0.39 is 15.9 Å². The SMILES string of the molecule is CCC=C(C)C(=O)C(C#N)c1ccc(S(=O)(=O)N(CC)CC)cn1. The molecule has 0 spiro atoms. The molecule has 1 heterocycles. The minimum atomic E-state index is -3.60. The van der Waals surface area contributed by atoms with Gasteiger partial charge in [0.05, 0.1) is 11.8 Å². The van der Waals surface area contributed by atoms with E-state index in [4.69, 9.17) is 0 Å². The van der Waals surface area contributed by atoms with Crippen LogP contribution in [0.4, 0.5) is 0 Å². The van der Waals surface area contributed by atoms with E-state index in [-0.39, 0.29) is 16.4 Å². The van der Waals surface area contributed by atoms with Crippen LogP contribution in [0.15, 0.2) is 34.9 Å². The lowest BCUT2D eigenvalue weighted by atomic mass is 9.95. The number of hydrogen-bond acceptors (Lipinski definition) is 5. The molecule has 0 amide bonds. The van der Waals surface area contributed by atoms with Crippen molar-refractivity contribution in [1.82, 2.24) is 9.29 Å². The van der Waals surface area contributed by atoms with Gasteiger partial charge in [-0.15, -0.1) is 0 Å². The number of carbonyl (C=O) groups is 1. The van der Waals surface area contributed by atoms with E-state index in [9.17, 15) is 18.5 Å².